The third-order valence-corrected chi connectivity index (χ3v) is 10.7. The van der Waals surface area contributed by atoms with Gasteiger partial charge in [0.25, 0.3) is 0 Å². The summed E-state index contributed by atoms with van der Waals surface area (Å²) in [5.74, 6) is -0.899. The first-order valence-corrected chi connectivity index (χ1v) is 14.8. The fraction of sp³-hybridized carbons (Fsp3) is 0.576. The van der Waals surface area contributed by atoms with Crippen LogP contribution < -0.4 is 10.1 Å². The lowest BCUT2D eigenvalue weighted by molar-refractivity contribution is -0.181. The molecule has 3 saturated carbocycles. The van der Waals surface area contributed by atoms with Gasteiger partial charge < -0.3 is 25.0 Å². The van der Waals surface area contributed by atoms with Crippen molar-refractivity contribution in [3.05, 3.63) is 53.6 Å². The Morgan fingerprint density at radius 1 is 1.10 bits per heavy atom. The molecular weight excluding hydrogens is 538 g/mol. The van der Waals surface area contributed by atoms with Crippen LogP contribution in [0.4, 0.5) is 0 Å². The highest BCUT2D eigenvalue weighted by molar-refractivity contribution is 6.01. The zero-order valence-electron chi connectivity index (χ0n) is 24.6. The SMILES string of the molecule is COc1ccc(CNC(=O)CCC(=O)OCC(=O)[C@@]2(O)CC[C@H]3[C@H]4CCC5=CC(=O)C=C[C@]5(C)[C@H]4[C@@H](O)C[C@@]32C)cc1. The van der Waals surface area contributed by atoms with Crippen molar-refractivity contribution >= 4 is 23.4 Å². The first-order chi connectivity index (χ1) is 19.9. The molecule has 1 aromatic rings. The van der Waals surface area contributed by atoms with Crippen molar-refractivity contribution in [2.24, 2.45) is 28.6 Å². The molecule has 0 saturated heterocycles. The molecule has 1 aromatic carbocycles. The maximum atomic E-state index is 13.4. The van der Waals surface area contributed by atoms with Crippen molar-refractivity contribution < 1.29 is 38.9 Å². The van der Waals surface area contributed by atoms with Crippen LogP contribution in [0.2, 0.25) is 0 Å². The van der Waals surface area contributed by atoms with Gasteiger partial charge in [-0.3, -0.25) is 19.2 Å². The van der Waals surface area contributed by atoms with E-state index in [0.29, 0.717) is 18.7 Å². The van der Waals surface area contributed by atoms with E-state index >= 15 is 0 Å². The van der Waals surface area contributed by atoms with Crippen LogP contribution in [0.5, 0.6) is 5.75 Å². The van der Waals surface area contributed by atoms with E-state index in [2.05, 4.69) is 12.2 Å². The zero-order chi connectivity index (χ0) is 30.3. The largest absolute Gasteiger partial charge is 0.497 e. The fourth-order valence-corrected chi connectivity index (χ4v) is 8.37. The number of allylic oxidation sites excluding steroid dienone is 4. The van der Waals surface area contributed by atoms with Gasteiger partial charge in [-0.25, -0.2) is 0 Å². The Morgan fingerprint density at radius 2 is 1.83 bits per heavy atom. The smallest absolute Gasteiger partial charge is 0.306 e. The molecule has 9 heteroatoms. The summed E-state index contributed by atoms with van der Waals surface area (Å²) < 4.78 is 10.3. The van der Waals surface area contributed by atoms with Gasteiger partial charge in [-0.2, -0.15) is 0 Å². The average molecular weight is 580 g/mol. The molecule has 4 aliphatic carbocycles. The predicted molar refractivity (Wildman–Crippen MR) is 153 cm³/mol. The molecule has 226 valence electrons. The standard InChI is InChI=1S/C33H41NO8/c1-31-14-12-22(35)16-21(31)6-9-24-25-13-15-33(40,32(25,2)17-26(36)30(24)31)27(37)19-42-29(39)11-10-28(38)34-18-20-4-7-23(41-3)8-5-20/h4-5,7-8,12,14,16,24-26,30,36,40H,6,9-11,13,15,17-19H2,1-3H3,(H,34,38)/t24-,25+,26+,30-,31+,32+,33+/m1/s1. The lowest BCUT2D eigenvalue weighted by Gasteiger charge is -2.59. The molecule has 4 aliphatic rings. The van der Waals surface area contributed by atoms with E-state index in [1.165, 1.54) is 0 Å². The predicted octanol–water partition coefficient (Wildman–Crippen LogP) is 3.21. The summed E-state index contributed by atoms with van der Waals surface area (Å²) in [6.07, 6.45) is 6.81. The number of Topliss-reactive ketones (excluding diaryl/α,β-unsaturated/α-hetero) is 1. The molecule has 42 heavy (non-hydrogen) atoms. The Bertz CT molecular complexity index is 1320. The maximum Gasteiger partial charge on any atom is 0.306 e. The number of benzene rings is 1. The van der Waals surface area contributed by atoms with Gasteiger partial charge in [0.05, 0.1) is 19.6 Å². The molecule has 7 atom stereocenters. The molecule has 5 rings (SSSR count). The number of ketones is 2. The van der Waals surface area contributed by atoms with Crippen LogP contribution in [0, 0.1) is 28.6 Å². The van der Waals surface area contributed by atoms with Crippen LogP contribution in [0.1, 0.15) is 64.4 Å². The second-order valence-electron chi connectivity index (χ2n) is 12.8. The van der Waals surface area contributed by atoms with Gasteiger partial charge in [-0.1, -0.05) is 37.6 Å². The van der Waals surface area contributed by atoms with E-state index in [-0.39, 0.29) is 55.1 Å². The van der Waals surface area contributed by atoms with E-state index in [1.807, 2.05) is 25.1 Å². The van der Waals surface area contributed by atoms with Crippen LogP contribution in [-0.2, 0) is 30.5 Å². The quantitative estimate of drug-likeness (QED) is 0.379. The molecule has 0 bridgehead atoms. The third kappa shape index (κ3) is 5.22. The number of hydrogen-bond acceptors (Lipinski definition) is 8. The number of amides is 1. The lowest BCUT2D eigenvalue weighted by Crippen LogP contribution is -2.61. The fourth-order valence-electron chi connectivity index (χ4n) is 8.37. The number of ether oxygens (including phenoxy) is 2. The highest BCUT2D eigenvalue weighted by atomic mass is 16.5. The summed E-state index contributed by atoms with van der Waals surface area (Å²) in [6, 6.07) is 7.26. The van der Waals surface area contributed by atoms with Crippen LogP contribution >= 0.6 is 0 Å². The number of methoxy groups -OCH3 is 1. The molecule has 3 fully saturated rings. The van der Waals surface area contributed by atoms with E-state index in [0.717, 1.165) is 24.0 Å². The number of aliphatic hydroxyl groups is 2. The molecule has 9 nitrogen and oxygen atoms in total. The first kappa shape index (κ1) is 30.2. The molecule has 0 spiro atoms. The summed E-state index contributed by atoms with van der Waals surface area (Å²) in [5, 5.41) is 26.0. The van der Waals surface area contributed by atoms with Gasteiger partial charge in [-0.05, 0) is 73.8 Å². The van der Waals surface area contributed by atoms with Crippen molar-refractivity contribution in [2.75, 3.05) is 13.7 Å². The van der Waals surface area contributed by atoms with Gasteiger partial charge in [0.2, 0.25) is 11.7 Å². The summed E-state index contributed by atoms with van der Waals surface area (Å²) in [7, 11) is 1.58. The molecule has 0 aliphatic heterocycles. The number of esters is 1. The van der Waals surface area contributed by atoms with E-state index in [1.54, 1.807) is 31.4 Å². The normalized spacial score (nSPS) is 34.9. The van der Waals surface area contributed by atoms with Gasteiger partial charge >= 0.3 is 5.97 Å². The van der Waals surface area contributed by atoms with E-state index in [4.69, 9.17) is 9.47 Å². The summed E-state index contributed by atoms with van der Waals surface area (Å²) >= 11 is 0. The Morgan fingerprint density at radius 3 is 2.55 bits per heavy atom. The van der Waals surface area contributed by atoms with Crippen molar-refractivity contribution in [3.8, 4) is 5.75 Å². The Balaban J connectivity index is 1.15. The summed E-state index contributed by atoms with van der Waals surface area (Å²) in [6.45, 7) is 3.69. The average Bonchev–Trinajstić information content (AvgIpc) is 3.24. The number of aliphatic hydroxyl groups excluding tert-OH is 1. The second kappa shape index (κ2) is 11.4. The van der Waals surface area contributed by atoms with Crippen molar-refractivity contribution in [2.45, 2.75) is 77.0 Å². The highest BCUT2D eigenvalue weighted by Gasteiger charge is 2.68. The van der Waals surface area contributed by atoms with Gasteiger partial charge in [-0.15, -0.1) is 0 Å². The molecule has 0 aromatic heterocycles. The molecule has 1 amide bonds. The summed E-state index contributed by atoms with van der Waals surface area (Å²) in [5.41, 5.74) is -1.10. The minimum Gasteiger partial charge on any atom is -0.497 e. The van der Waals surface area contributed by atoms with Crippen molar-refractivity contribution in [3.63, 3.8) is 0 Å². The number of nitrogens with one attached hydrogen (secondary N) is 1. The van der Waals surface area contributed by atoms with Crippen LogP contribution in [-0.4, -0.2) is 59.1 Å². The van der Waals surface area contributed by atoms with Crippen LogP contribution in [0.3, 0.4) is 0 Å². The first-order valence-electron chi connectivity index (χ1n) is 14.8. The highest BCUT2D eigenvalue weighted by Crippen LogP contribution is 2.67. The van der Waals surface area contributed by atoms with E-state index < -0.39 is 40.9 Å². The summed E-state index contributed by atoms with van der Waals surface area (Å²) in [4.78, 5) is 50.0. The third-order valence-electron chi connectivity index (χ3n) is 10.7. The molecule has 0 unspecified atom stereocenters. The number of fused-ring (bicyclic) bond motifs is 5. The number of hydrogen-bond donors (Lipinski definition) is 3. The van der Waals surface area contributed by atoms with Gasteiger partial charge in [0.1, 0.15) is 11.4 Å². The molecule has 0 heterocycles. The molecule has 0 radical (unpaired) electrons. The number of rotatable bonds is 9. The van der Waals surface area contributed by atoms with Gasteiger partial charge in [0, 0.05) is 29.7 Å². The Labute approximate surface area is 246 Å². The molecular formula is C33H41NO8. The monoisotopic (exact) mass is 579 g/mol. The Kier molecular flexibility index (Phi) is 8.20. The molecule has 3 N–H and O–H groups in total. The second-order valence-corrected chi connectivity index (χ2v) is 12.8. The minimum absolute atomic E-state index is 0.00866. The van der Waals surface area contributed by atoms with Crippen molar-refractivity contribution in [1.82, 2.24) is 5.32 Å². The van der Waals surface area contributed by atoms with Gasteiger partial charge in [0.15, 0.2) is 12.4 Å². The van der Waals surface area contributed by atoms with E-state index in [9.17, 15) is 29.4 Å². The number of carbonyl (C=O) groups is 4. The lowest BCUT2D eigenvalue weighted by atomic mass is 9.46. The van der Waals surface area contributed by atoms with Crippen molar-refractivity contribution in [1.29, 1.82) is 0 Å². The number of carbonyl (C=O) groups excluding carboxylic acids is 4. The minimum atomic E-state index is -1.73. The van der Waals surface area contributed by atoms with Crippen LogP contribution in [0.15, 0.2) is 48.1 Å². The van der Waals surface area contributed by atoms with Crippen LogP contribution in [0.25, 0.3) is 0 Å². The zero-order valence-corrected chi connectivity index (χ0v) is 24.6. The maximum absolute atomic E-state index is 13.4. The topological polar surface area (TPSA) is 139 Å². The Hall–Kier alpha value is -3.30.